The summed E-state index contributed by atoms with van der Waals surface area (Å²) >= 11 is 11.8. The molecule has 0 spiro atoms. The number of benzene rings is 1. The van der Waals surface area contributed by atoms with Gasteiger partial charge in [0, 0.05) is 22.3 Å². The average molecular weight is 254 g/mol. The lowest BCUT2D eigenvalue weighted by Gasteiger charge is -2.07. The summed E-state index contributed by atoms with van der Waals surface area (Å²) in [5, 5.41) is 1.16. The average Bonchev–Trinajstić information content (AvgIpc) is 2.25. The molecule has 0 N–H and O–H groups in total. The van der Waals surface area contributed by atoms with Gasteiger partial charge in [0.1, 0.15) is 0 Å². The minimum atomic E-state index is -0.0477. The van der Waals surface area contributed by atoms with E-state index in [2.05, 4.69) is 0 Å². The fourth-order valence-corrected chi connectivity index (χ4v) is 1.89. The third-order valence-corrected chi connectivity index (χ3v) is 2.84. The summed E-state index contributed by atoms with van der Waals surface area (Å²) in [5.74, 6) is 0. The first-order chi connectivity index (χ1) is 7.66. The highest BCUT2D eigenvalue weighted by atomic mass is 35.5. The second-order valence-electron chi connectivity index (χ2n) is 3.40. The second-order valence-corrected chi connectivity index (χ2v) is 4.25. The van der Waals surface area contributed by atoms with E-state index < -0.39 is 0 Å². The van der Waals surface area contributed by atoms with Crippen molar-refractivity contribution in [3.05, 3.63) is 68.6 Å². The molecule has 0 aliphatic heterocycles. The van der Waals surface area contributed by atoms with Gasteiger partial charge in [0.2, 0.25) is 0 Å². The molecule has 2 aromatic rings. The predicted octanol–water partition coefficient (Wildman–Crippen LogP) is 3.20. The third-order valence-electron chi connectivity index (χ3n) is 2.25. The molecule has 82 valence electrons. The Kier molecular flexibility index (Phi) is 3.32. The highest BCUT2D eigenvalue weighted by Crippen LogP contribution is 2.21. The molecule has 0 bridgehead atoms. The molecule has 0 saturated heterocycles. The summed E-state index contributed by atoms with van der Waals surface area (Å²) in [7, 11) is 0. The molecule has 1 heterocycles. The predicted molar refractivity (Wildman–Crippen MR) is 66.3 cm³/mol. The van der Waals surface area contributed by atoms with Crippen LogP contribution in [-0.2, 0) is 6.54 Å². The first kappa shape index (κ1) is 11.2. The van der Waals surface area contributed by atoms with E-state index in [1.54, 1.807) is 29.0 Å². The van der Waals surface area contributed by atoms with E-state index in [1.807, 2.05) is 12.1 Å². The summed E-state index contributed by atoms with van der Waals surface area (Å²) in [5.41, 5.74) is 0.827. The minimum absolute atomic E-state index is 0.0477. The highest BCUT2D eigenvalue weighted by Gasteiger charge is 2.02. The molecule has 0 atom stereocenters. The minimum Gasteiger partial charge on any atom is -0.311 e. The molecule has 2 rings (SSSR count). The van der Waals surface area contributed by atoms with Crippen LogP contribution in [0.2, 0.25) is 10.0 Å². The summed E-state index contributed by atoms with van der Waals surface area (Å²) in [6.07, 6.45) is 1.73. The number of halogens is 2. The number of pyridine rings is 1. The number of aromatic nitrogens is 1. The quantitative estimate of drug-likeness (QED) is 0.806. The van der Waals surface area contributed by atoms with Gasteiger partial charge in [-0.2, -0.15) is 0 Å². The molecule has 0 aliphatic carbocycles. The van der Waals surface area contributed by atoms with E-state index in [0.29, 0.717) is 16.6 Å². The smallest absolute Gasteiger partial charge is 0.250 e. The Bertz CT molecular complexity index is 563. The summed E-state index contributed by atoms with van der Waals surface area (Å²) in [4.78, 5) is 11.5. The van der Waals surface area contributed by atoms with Crippen LogP contribution in [0.4, 0.5) is 0 Å². The first-order valence-corrected chi connectivity index (χ1v) is 5.52. The maximum atomic E-state index is 11.5. The molecule has 1 aromatic carbocycles. The van der Waals surface area contributed by atoms with Gasteiger partial charge in [-0.25, -0.2) is 0 Å². The maximum Gasteiger partial charge on any atom is 0.250 e. The molecule has 4 heteroatoms. The Labute approximate surface area is 103 Å². The van der Waals surface area contributed by atoms with Gasteiger partial charge in [0.25, 0.3) is 5.56 Å². The van der Waals surface area contributed by atoms with Crippen LogP contribution in [0.3, 0.4) is 0 Å². The number of hydrogen-bond donors (Lipinski definition) is 0. The van der Waals surface area contributed by atoms with E-state index >= 15 is 0 Å². The second kappa shape index (κ2) is 4.73. The monoisotopic (exact) mass is 253 g/mol. The topological polar surface area (TPSA) is 22.0 Å². The molecule has 0 amide bonds. The molecule has 0 radical (unpaired) electrons. The van der Waals surface area contributed by atoms with Gasteiger partial charge in [-0.05, 0) is 23.8 Å². The van der Waals surface area contributed by atoms with Crippen LogP contribution in [-0.4, -0.2) is 4.57 Å². The number of hydrogen-bond acceptors (Lipinski definition) is 1. The van der Waals surface area contributed by atoms with Crippen LogP contribution >= 0.6 is 23.2 Å². The summed E-state index contributed by atoms with van der Waals surface area (Å²) in [6.45, 7) is 0.454. The molecule has 0 aliphatic rings. The van der Waals surface area contributed by atoms with Gasteiger partial charge in [-0.15, -0.1) is 0 Å². The van der Waals surface area contributed by atoms with Crippen molar-refractivity contribution in [2.45, 2.75) is 6.54 Å². The Morgan fingerprint density at radius 3 is 2.62 bits per heavy atom. The van der Waals surface area contributed by atoms with Crippen LogP contribution in [0.5, 0.6) is 0 Å². The summed E-state index contributed by atoms with van der Waals surface area (Å²) in [6, 6.07) is 10.3. The number of rotatable bonds is 2. The Morgan fingerprint density at radius 1 is 1.12 bits per heavy atom. The van der Waals surface area contributed by atoms with Crippen LogP contribution < -0.4 is 5.56 Å². The van der Waals surface area contributed by atoms with Gasteiger partial charge >= 0.3 is 0 Å². The lowest BCUT2D eigenvalue weighted by molar-refractivity contribution is 0.760. The molecular weight excluding hydrogens is 245 g/mol. The van der Waals surface area contributed by atoms with Crippen molar-refractivity contribution in [3.8, 4) is 0 Å². The van der Waals surface area contributed by atoms with Crippen LogP contribution in [0.1, 0.15) is 5.56 Å². The zero-order valence-electron chi connectivity index (χ0n) is 8.36. The van der Waals surface area contributed by atoms with Gasteiger partial charge in [-0.1, -0.05) is 35.3 Å². The standard InChI is InChI=1S/C12H9Cl2NO/c13-10-5-4-9(11(14)7-10)8-15-6-2-1-3-12(15)16/h1-7H,8H2. The van der Waals surface area contributed by atoms with E-state index in [4.69, 9.17) is 23.2 Å². The fraction of sp³-hybridized carbons (Fsp3) is 0.0833. The molecule has 0 saturated carbocycles. The normalized spacial score (nSPS) is 10.4. The molecular formula is C12H9Cl2NO. The lowest BCUT2D eigenvalue weighted by Crippen LogP contribution is -2.18. The molecule has 0 unspecified atom stereocenters. The maximum absolute atomic E-state index is 11.5. The summed E-state index contributed by atoms with van der Waals surface area (Å²) < 4.78 is 1.59. The zero-order valence-corrected chi connectivity index (χ0v) is 9.87. The van der Waals surface area contributed by atoms with Gasteiger partial charge in [0.15, 0.2) is 0 Å². The molecule has 2 nitrogen and oxygen atoms in total. The lowest BCUT2D eigenvalue weighted by atomic mass is 10.2. The third kappa shape index (κ3) is 2.46. The van der Waals surface area contributed by atoms with Crippen molar-refractivity contribution in [1.82, 2.24) is 4.57 Å². The zero-order chi connectivity index (χ0) is 11.5. The van der Waals surface area contributed by atoms with E-state index in [0.717, 1.165) is 5.56 Å². The van der Waals surface area contributed by atoms with Crippen LogP contribution in [0.25, 0.3) is 0 Å². The van der Waals surface area contributed by atoms with Crippen molar-refractivity contribution >= 4 is 23.2 Å². The molecule has 1 aromatic heterocycles. The Balaban J connectivity index is 2.35. The largest absolute Gasteiger partial charge is 0.311 e. The van der Waals surface area contributed by atoms with E-state index in [1.165, 1.54) is 6.07 Å². The van der Waals surface area contributed by atoms with E-state index in [-0.39, 0.29) is 5.56 Å². The van der Waals surface area contributed by atoms with Gasteiger partial charge < -0.3 is 4.57 Å². The van der Waals surface area contributed by atoms with Gasteiger partial charge in [0.05, 0.1) is 6.54 Å². The van der Waals surface area contributed by atoms with E-state index in [9.17, 15) is 4.79 Å². The molecule has 16 heavy (non-hydrogen) atoms. The van der Waals surface area contributed by atoms with Gasteiger partial charge in [-0.3, -0.25) is 4.79 Å². The number of nitrogens with zero attached hydrogens (tertiary/aromatic N) is 1. The Hall–Kier alpha value is -1.25. The van der Waals surface area contributed by atoms with Crippen molar-refractivity contribution in [3.63, 3.8) is 0 Å². The highest BCUT2D eigenvalue weighted by molar-refractivity contribution is 6.35. The fourth-order valence-electron chi connectivity index (χ4n) is 1.42. The van der Waals surface area contributed by atoms with Crippen LogP contribution in [0, 0.1) is 0 Å². The Morgan fingerprint density at radius 2 is 1.94 bits per heavy atom. The van der Waals surface area contributed by atoms with Crippen molar-refractivity contribution in [2.75, 3.05) is 0 Å². The van der Waals surface area contributed by atoms with Crippen LogP contribution in [0.15, 0.2) is 47.4 Å². The first-order valence-electron chi connectivity index (χ1n) is 4.76. The molecule has 0 fully saturated rings. The van der Waals surface area contributed by atoms with Crippen molar-refractivity contribution in [2.24, 2.45) is 0 Å². The SMILES string of the molecule is O=c1ccccn1Cc1ccc(Cl)cc1Cl. The van der Waals surface area contributed by atoms with Crippen molar-refractivity contribution in [1.29, 1.82) is 0 Å². The van der Waals surface area contributed by atoms with Crippen molar-refractivity contribution < 1.29 is 0 Å².